The van der Waals surface area contributed by atoms with Gasteiger partial charge in [-0.15, -0.1) is 0 Å². The molecule has 0 spiro atoms. The minimum absolute atomic E-state index is 0.0894. The molecule has 6 nitrogen and oxygen atoms in total. The Morgan fingerprint density at radius 3 is 2.50 bits per heavy atom. The number of ether oxygens (including phenoxy) is 1. The summed E-state index contributed by atoms with van der Waals surface area (Å²) in [7, 11) is -3.86. The van der Waals surface area contributed by atoms with E-state index in [1.165, 1.54) is 0 Å². The number of hydrogen-bond donors (Lipinski definition) is 0. The van der Waals surface area contributed by atoms with Crippen molar-refractivity contribution in [2.45, 2.75) is 24.8 Å². The first-order valence-electron chi connectivity index (χ1n) is 8.35. The van der Waals surface area contributed by atoms with Crippen LogP contribution in [0.5, 0.6) is 5.75 Å². The molecule has 0 amide bonds. The van der Waals surface area contributed by atoms with Gasteiger partial charge in [0, 0.05) is 0 Å². The Morgan fingerprint density at radius 2 is 1.82 bits per heavy atom. The molecule has 144 valence electrons. The summed E-state index contributed by atoms with van der Waals surface area (Å²) in [5.41, 5.74) is 2.06. The minimum Gasteiger partial charge on any atom is -0.421 e. The Bertz CT molecular complexity index is 1130. The first-order chi connectivity index (χ1) is 13.3. The lowest BCUT2D eigenvalue weighted by Gasteiger charge is -2.09. The summed E-state index contributed by atoms with van der Waals surface area (Å²) in [6, 6.07) is 13.9. The van der Waals surface area contributed by atoms with Crippen molar-refractivity contribution in [3.63, 3.8) is 0 Å². The molecule has 28 heavy (non-hydrogen) atoms. The van der Waals surface area contributed by atoms with E-state index in [1.54, 1.807) is 49.4 Å². The van der Waals surface area contributed by atoms with Gasteiger partial charge in [-0.3, -0.25) is 0 Å². The van der Waals surface area contributed by atoms with E-state index >= 15 is 0 Å². The molecule has 0 aliphatic carbocycles. The number of sulfone groups is 1. The monoisotopic (exact) mass is 416 g/mol. The van der Waals surface area contributed by atoms with E-state index in [0.29, 0.717) is 11.3 Å². The Labute approximate surface area is 168 Å². The molecule has 8 heteroatoms. The van der Waals surface area contributed by atoms with Gasteiger partial charge in [0.25, 0.3) is 0 Å². The highest BCUT2D eigenvalue weighted by Crippen LogP contribution is 2.23. The molecule has 0 saturated carbocycles. The third kappa shape index (κ3) is 4.55. The van der Waals surface area contributed by atoms with Crippen LogP contribution in [0.15, 0.2) is 59.9 Å². The number of hydrogen-bond acceptors (Lipinski definition) is 6. The highest BCUT2D eigenvalue weighted by Gasteiger charge is 2.24. The molecule has 0 bridgehead atoms. The van der Waals surface area contributed by atoms with Crippen molar-refractivity contribution in [3.8, 4) is 5.75 Å². The fourth-order valence-electron chi connectivity index (χ4n) is 2.56. The molecule has 0 saturated heterocycles. The lowest BCUT2D eigenvalue weighted by atomic mass is 10.1. The summed E-state index contributed by atoms with van der Waals surface area (Å²) in [5, 5.41) is -0.568. The first-order valence-corrected chi connectivity index (χ1v) is 10.4. The van der Waals surface area contributed by atoms with Crippen molar-refractivity contribution in [2.24, 2.45) is 0 Å². The number of benzene rings is 2. The average molecular weight is 417 g/mol. The molecule has 3 rings (SSSR count). The van der Waals surface area contributed by atoms with E-state index < -0.39 is 21.0 Å². The number of halogens is 1. The second kappa shape index (κ2) is 8.08. The number of aryl methyl sites for hydroxylation is 2. The molecule has 0 unspecified atom stereocenters. The van der Waals surface area contributed by atoms with Crippen LogP contribution >= 0.6 is 11.6 Å². The van der Waals surface area contributed by atoms with Gasteiger partial charge in [0.05, 0.1) is 17.0 Å². The molecule has 0 aliphatic rings. The zero-order chi connectivity index (χ0) is 20.3. The van der Waals surface area contributed by atoms with Gasteiger partial charge >= 0.3 is 5.97 Å². The molecule has 2 aromatic carbocycles. The molecule has 1 aromatic heterocycles. The van der Waals surface area contributed by atoms with E-state index in [9.17, 15) is 13.2 Å². The fraction of sp³-hybridized carbons (Fsp3) is 0.150. The molecule has 0 atom stereocenters. The third-order valence-electron chi connectivity index (χ3n) is 3.93. The Balaban J connectivity index is 1.89. The molecule has 0 fully saturated rings. The van der Waals surface area contributed by atoms with Crippen LogP contribution in [0.25, 0.3) is 0 Å². The number of carbonyl (C=O) groups excluding carboxylic acids is 1. The average Bonchev–Trinajstić information content (AvgIpc) is 2.64. The lowest BCUT2D eigenvalue weighted by Crippen LogP contribution is -2.16. The van der Waals surface area contributed by atoms with Gasteiger partial charge in [-0.05, 0) is 31.0 Å². The first kappa shape index (κ1) is 20.0. The van der Waals surface area contributed by atoms with Crippen LogP contribution in [-0.4, -0.2) is 24.4 Å². The lowest BCUT2D eigenvalue weighted by molar-refractivity contribution is 0.0726. The van der Waals surface area contributed by atoms with Crippen molar-refractivity contribution in [1.82, 2.24) is 9.97 Å². The maximum atomic E-state index is 12.6. The highest BCUT2D eigenvalue weighted by atomic mass is 35.5. The van der Waals surface area contributed by atoms with Crippen LogP contribution < -0.4 is 4.74 Å². The minimum atomic E-state index is -3.86. The van der Waals surface area contributed by atoms with Gasteiger partial charge in [0.15, 0.2) is 5.69 Å². The maximum absolute atomic E-state index is 12.6. The van der Waals surface area contributed by atoms with Crippen LogP contribution in [0.1, 0.15) is 27.2 Å². The van der Waals surface area contributed by atoms with E-state index in [-0.39, 0.29) is 16.5 Å². The van der Waals surface area contributed by atoms with Gasteiger partial charge in [-0.2, -0.15) is 0 Å². The van der Waals surface area contributed by atoms with Crippen molar-refractivity contribution in [2.75, 3.05) is 0 Å². The molecule has 0 N–H and O–H groups in total. The van der Waals surface area contributed by atoms with Gasteiger partial charge in [-0.25, -0.2) is 23.2 Å². The molecular weight excluding hydrogens is 400 g/mol. The van der Waals surface area contributed by atoms with E-state index in [1.807, 2.05) is 13.0 Å². The summed E-state index contributed by atoms with van der Waals surface area (Å²) in [6.45, 7) is 3.72. The van der Waals surface area contributed by atoms with Crippen LogP contribution in [0.3, 0.4) is 0 Å². The second-order valence-electron chi connectivity index (χ2n) is 6.25. The topological polar surface area (TPSA) is 86.2 Å². The van der Waals surface area contributed by atoms with E-state index in [4.69, 9.17) is 16.3 Å². The number of carbonyl (C=O) groups is 1. The van der Waals surface area contributed by atoms with E-state index in [0.717, 1.165) is 17.3 Å². The van der Waals surface area contributed by atoms with Gasteiger partial charge in [0.1, 0.15) is 5.75 Å². The van der Waals surface area contributed by atoms with Crippen molar-refractivity contribution < 1.29 is 17.9 Å². The zero-order valence-corrected chi connectivity index (χ0v) is 16.8. The van der Waals surface area contributed by atoms with Crippen molar-refractivity contribution in [3.05, 3.63) is 82.1 Å². The summed E-state index contributed by atoms with van der Waals surface area (Å²) < 4.78 is 30.6. The van der Waals surface area contributed by atoms with Crippen LogP contribution in [0, 0.1) is 13.8 Å². The molecule has 3 aromatic rings. The third-order valence-corrected chi connectivity index (χ3v) is 5.67. The smallest absolute Gasteiger partial charge is 0.364 e. The normalized spacial score (nSPS) is 11.2. The number of nitrogens with zero attached hydrogens (tertiary/aromatic N) is 2. The Hall–Kier alpha value is -2.77. The number of rotatable bonds is 5. The highest BCUT2D eigenvalue weighted by molar-refractivity contribution is 7.90. The van der Waals surface area contributed by atoms with Gasteiger partial charge in [0.2, 0.25) is 15.0 Å². The maximum Gasteiger partial charge on any atom is 0.364 e. The quantitative estimate of drug-likeness (QED) is 0.355. The Kier molecular flexibility index (Phi) is 5.76. The largest absolute Gasteiger partial charge is 0.421 e. The molecular formula is C20H17ClN2O4S. The second-order valence-corrected chi connectivity index (χ2v) is 8.54. The summed E-state index contributed by atoms with van der Waals surface area (Å²) in [5.74, 6) is -0.796. The zero-order valence-electron chi connectivity index (χ0n) is 15.2. The van der Waals surface area contributed by atoms with E-state index in [2.05, 4.69) is 9.97 Å². The SMILES string of the molecule is Cc1ccc(OC(=O)c2nc(S(=O)(=O)Cc3ccccc3)ncc2Cl)c(C)c1. The fourth-order valence-corrected chi connectivity index (χ4v) is 3.94. The van der Waals surface area contributed by atoms with Crippen LogP contribution in [0.4, 0.5) is 0 Å². The standard InChI is InChI=1S/C20H17ClN2O4S/c1-13-8-9-17(14(2)10-13)27-19(24)18-16(21)11-22-20(23-18)28(25,26)12-15-6-4-3-5-7-15/h3-11H,12H2,1-2H3. The number of aromatic nitrogens is 2. The molecule has 0 aliphatic heterocycles. The van der Waals surface area contributed by atoms with Crippen LogP contribution in [0.2, 0.25) is 5.02 Å². The summed E-state index contributed by atoms with van der Waals surface area (Å²) in [4.78, 5) is 20.2. The predicted octanol–water partition coefficient (Wildman–Crippen LogP) is 3.94. The van der Waals surface area contributed by atoms with Crippen molar-refractivity contribution >= 4 is 27.4 Å². The van der Waals surface area contributed by atoms with Gasteiger partial charge in [-0.1, -0.05) is 59.6 Å². The summed E-state index contributed by atoms with van der Waals surface area (Å²) in [6.07, 6.45) is 1.09. The van der Waals surface area contributed by atoms with Gasteiger partial charge < -0.3 is 4.74 Å². The molecule has 0 radical (unpaired) electrons. The predicted molar refractivity (Wildman–Crippen MR) is 105 cm³/mol. The summed E-state index contributed by atoms with van der Waals surface area (Å²) >= 11 is 6.01. The Morgan fingerprint density at radius 1 is 1.11 bits per heavy atom. The molecule has 1 heterocycles. The number of esters is 1. The van der Waals surface area contributed by atoms with Crippen LogP contribution in [-0.2, 0) is 15.6 Å². The van der Waals surface area contributed by atoms with Crippen molar-refractivity contribution in [1.29, 1.82) is 0 Å².